The first kappa shape index (κ1) is 16.0. The average molecular weight is 339 g/mol. The van der Waals surface area contributed by atoms with Crippen LogP contribution >= 0.6 is 11.3 Å². The van der Waals surface area contributed by atoms with Crippen molar-refractivity contribution in [3.05, 3.63) is 77.2 Å². The van der Waals surface area contributed by atoms with Gasteiger partial charge in [0.05, 0.1) is 10.6 Å². The summed E-state index contributed by atoms with van der Waals surface area (Å²) < 4.78 is 13.0. The number of amides is 1. The second-order valence-electron chi connectivity index (χ2n) is 5.04. The molecule has 0 aliphatic rings. The van der Waals surface area contributed by atoms with Gasteiger partial charge < -0.3 is 0 Å². The highest BCUT2D eigenvalue weighted by Crippen LogP contribution is 2.28. The molecule has 0 radical (unpaired) electrons. The summed E-state index contributed by atoms with van der Waals surface area (Å²) in [6, 6.07) is 13.4. The Bertz CT molecular complexity index is 873. The number of hydrogen-bond donors (Lipinski definition) is 1. The number of nitrogens with zero attached hydrogens (tertiary/aromatic N) is 2. The minimum atomic E-state index is -0.283. The first-order valence-corrected chi connectivity index (χ1v) is 8.06. The van der Waals surface area contributed by atoms with E-state index >= 15 is 0 Å². The van der Waals surface area contributed by atoms with E-state index in [4.69, 9.17) is 0 Å². The quantitative estimate of drug-likeness (QED) is 0.575. The number of benzene rings is 1. The van der Waals surface area contributed by atoms with Gasteiger partial charge in [-0.3, -0.25) is 9.78 Å². The number of pyridine rings is 1. The Kier molecular flexibility index (Phi) is 4.77. The second-order valence-corrected chi connectivity index (χ2v) is 6.13. The van der Waals surface area contributed by atoms with Crippen molar-refractivity contribution in [1.29, 1.82) is 0 Å². The molecule has 0 bridgehead atoms. The molecular formula is C18H14FN3OS. The Morgan fingerprint density at radius 2 is 1.79 bits per heavy atom. The lowest BCUT2D eigenvalue weighted by molar-refractivity contribution is 0.0959. The molecule has 0 aliphatic carbocycles. The molecule has 3 rings (SSSR count). The number of carbonyl (C=O) groups is 1. The van der Waals surface area contributed by atoms with Crippen LogP contribution in [0.3, 0.4) is 0 Å². The van der Waals surface area contributed by atoms with Crippen molar-refractivity contribution in [2.45, 2.75) is 6.92 Å². The lowest BCUT2D eigenvalue weighted by Crippen LogP contribution is -2.18. The molecule has 0 spiro atoms. The van der Waals surface area contributed by atoms with Crippen LogP contribution in [-0.2, 0) is 0 Å². The fraction of sp³-hybridized carbons (Fsp3) is 0.0556. The molecule has 1 N–H and O–H groups in total. The monoisotopic (exact) mass is 339 g/mol. The molecule has 120 valence electrons. The summed E-state index contributed by atoms with van der Waals surface area (Å²) in [6.07, 6.45) is 3.34. The number of hydrogen-bond acceptors (Lipinski definition) is 4. The summed E-state index contributed by atoms with van der Waals surface area (Å²) >= 11 is 1.33. The Balaban J connectivity index is 1.71. The van der Waals surface area contributed by atoms with E-state index in [2.05, 4.69) is 15.5 Å². The van der Waals surface area contributed by atoms with Crippen molar-refractivity contribution in [3.8, 4) is 10.4 Å². The van der Waals surface area contributed by atoms with Gasteiger partial charge in [0.2, 0.25) is 0 Å². The number of rotatable bonds is 4. The largest absolute Gasteiger partial charge is 0.281 e. The van der Waals surface area contributed by atoms with Crippen LogP contribution in [-0.4, -0.2) is 16.6 Å². The third-order valence-corrected chi connectivity index (χ3v) is 4.51. The molecule has 4 nitrogen and oxygen atoms in total. The van der Waals surface area contributed by atoms with Crippen molar-refractivity contribution in [2.24, 2.45) is 5.10 Å². The Hall–Kier alpha value is -2.86. The third kappa shape index (κ3) is 3.72. The van der Waals surface area contributed by atoms with Gasteiger partial charge >= 0.3 is 0 Å². The predicted molar refractivity (Wildman–Crippen MR) is 93.6 cm³/mol. The number of nitrogens with one attached hydrogen (secondary N) is 1. The van der Waals surface area contributed by atoms with E-state index < -0.39 is 0 Å². The molecule has 0 fully saturated rings. The van der Waals surface area contributed by atoms with Gasteiger partial charge in [0.25, 0.3) is 5.91 Å². The van der Waals surface area contributed by atoms with Crippen LogP contribution in [0.2, 0.25) is 0 Å². The summed E-state index contributed by atoms with van der Waals surface area (Å²) in [4.78, 5) is 17.6. The number of thiophene rings is 1. The summed E-state index contributed by atoms with van der Waals surface area (Å²) in [6.45, 7) is 1.81. The Labute approximate surface area is 142 Å². The average Bonchev–Trinajstić information content (AvgIpc) is 3.11. The maximum Gasteiger partial charge on any atom is 0.281 e. The molecular weight excluding hydrogens is 325 g/mol. The van der Waals surface area contributed by atoms with Crippen molar-refractivity contribution in [3.63, 3.8) is 0 Å². The Morgan fingerprint density at radius 3 is 2.50 bits per heavy atom. The van der Waals surface area contributed by atoms with Crippen molar-refractivity contribution >= 4 is 23.0 Å². The van der Waals surface area contributed by atoms with E-state index in [0.717, 1.165) is 16.0 Å². The van der Waals surface area contributed by atoms with Crippen LogP contribution < -0.4 is 5.43 Å². The standard InChI is InChI=1S/C18H14FN3OS/c1-12(13-8-10-20-11-9-13)21-22-18(23)17-7-6-16(24-17)14-2-4-15(19)5-3-14/h2-11H,1H3,(H,22,23)/b21-12-. The highest BCUT2D eigenvalue weighted by Gasteiger charge is 2.10. The van der Waals surface area contributed by atoms with Crippen molar-refractivity contribution in [2.75, 3.05) is 0 Å². The maximum absolute atomic E-state index is 13.0. The fourth-order valence-electron chi connectivity index (χ4n) is 2.08. The Morgan fingerprint density at radius 1 is 1.08 bits per heavy atom. The highest BCUT2D eigenvalue weighted by atomic mass is 32.1. The van der Waals surface area contributed by atoms with Gasteiger partial charge in [-0.2, -0.15) is 5.10 Å². The summed E-state index contributed by atoms with van der Waals surface area (Å²) in [5, 5.41) is 4.11. The van der Waals surface area contributed by atoms with Gasteiger partial charge in [-0.1, -0.05) is 12.1 Å². The van der Waals surface area contributed by atoms with Gasteiger partial charge in [0.1, 0.15) is 5.82 Å². The van der Waals surface area contributed by atoms with Crippen LogP contribution in [0.1, 0.15) is 22.2 Å². The summed E-state index contributed by atoms with van der Waals surface area (Å²) in [5.41, 5.74) is 5.01. The topological polar surface area (TPSA) is 54.4 Å². The number of hydrazone groups is 1. The molecule has 0 atom stereocenters. The fourth-order valence-corrected chi connectivity index (χ4v) is 2.98. The minimum Gasteiger partial charge on any atom is -0.266 e. The molecule has 0 saturated carbocycles. The molecule has 6 heteroatoms. The molecule has 1 amide bonds. The van der Waals surface area contributed by atoms with Gasteiger partial charge in [-0.25, -0.2) is 9.82 Å². The van der Waals surface area contributed by atoms with Gasteiger partial charge in [0, 0.05) is 22.8 Å². The van der Waals surface area contributed by atoms with E-state index in [1.54, 1.807) is 30.6 Å². The minimum absolute atomic E-state index is 0.276. The zero-order valence-electron chi connectivity index (χ0n) is 12.9. The predicted octanol–water partition coefficient (Wildman–Crippen LogP) is 4.10. The summed E-state index contributed by atoms with van der Waals surface area (Å²) in [5.74, 6) is -0.559. The van der Waals surface area contributed by atoms with Gasteiger partial charge in [0.15, 0.2) is 0 Å². The summed E-state index contributed by atoms with van der Waals surface area (Å²) in [7, 11) is 0. The third-order valence-electron chi connectivity index (χ3n) is 3.38. The number of carbonyl (C=O) groups excluding carboxylic acids is 1. The second kappa shape index (κ2) is 7.14. The zero-order valence-corrected chi connectivity index (χ0v) is 13.7. The zero-order chi connectivity index (χ0) is 16.9. The van der Waals surface area contributed by atoms with Crippen molar-refractivity contribution in [1.82, 2.24) is 10.4 Å². The first-order chi connectivity index (χ1) is 11.6. The van der Waals surface area contributed by atoms with E-state index in [1.807, 2.05) is 25.1 Å². The van der Waals surface area contributed by atoms with E-state index in [1.165, 1.54) is 23.5 Å². The lowest BCUT2D eigenvalue weighted by atomic mass is 10.2. The van der Waals surface area contributed by atoms with E-state index in [0.29, 0.717) is 10.6 Å². The van der Waals surface area contributed by atoms with Crippen LogP contribution in [0.15, 0.2) is 66.0 Å². The van der Waals surface area contributed by atoms with Gasteiger partial charge in [-0.05, 0) is 48.9 Å². The van der Waals surface area contributed by atoms with Gasteiger partial charge in [-0.15, -0.1) is 11.3 Å². The highest BCUT2D eigenvalue weighted by molar-refractivity contribution is 7.17. The van der Waals surface area contributed by atoms with Crippen LogP contribution in [0.4, 0.5) is 4.39 Å². The first-order valence-electron chi connectivity index (χ1n) is 7.24. The van der Waals surface area contributed by atoms with Crippen molar-refractivity contribution < 1.29 is 9.18 Å². The normalized spacial score (nSPS) is 11.3. The van der Waals surface area contributed by atoms with E-state index in [9.17, 15) is 9.18 Å². The molecule has 3 aromatic rings. The molecule has 0 unspecified atom stereocenters. The van der Waals surface area contributed by atoms with E-state index in [-0.39, 0.29) is 11.7 Å². The molecule has 1 aromatic carbocycles. The van der Waals surface area contributed by atoms with Crippen LogP contribution in [0.25, 0.3) is 10.4 Å². The molecule has 0 aliphatic heterocycles. The molecule has 2 heterocycles. The van der Waals surface area contributed by atoms with Crippen LogP contribution in [0.5, 0.6) is 0 Å². The SMILES string of the molecule is C/C(=N/NC(=O)c1ccc(-c2ccc(F)cc2)s1)c1ccncc1. The molecule has 24 heavy (non-hydrogen) atoms. The van der Waals surface area contributed by atoms with Crippen LogP contribution in [0, 0.1) is 5.82 Å². The molecule has 0 saturated heterocycles. The number of aromatic nitrogens is 1. The lowest BCUT2D eigenvalue weighted by Gasteiger charge is -2.01. The maximum atomic E-state index is 13.0. The molecule has 2 aromatic heterocycles. The number of halogens is 1. The smallest absolute Gasteiger partial charge is 0.266 e.